The van der Waals surface area contributed by atoms with Crippen molar-refractivity contribution >= 4 is 23.6 Å². The molecule has 0 aromatic heterocycles. The van der Waals surface area contributed by atoms with Crippen molar-refractivity contribution in [3.05, 3.63) is 0 Å². The van der Waals surface area contributed by atoms with Crippen LogP contribution >= 0.6 is 11.8 Å². The van der Waals surface area contributed by atoms with Gasteiger partial charge < -0.3 is 10.4 Å². The van der Waals surface area contributed by atoms with Crippen molar-refractivity contribution in [3.8, 4) is 0 Å². The number of carbonyl (C=O) groups excluding carboxylic acids is 1. The van der Waals surface area contributed by atoms with Gasteiger partial charge in [-0.25, -0.2) is 0 Å². The molecule has 1 aliphatic carbocycles. The van der Waals surface area contributed by atoms with E-state index in [1.807, 2.05) is 6.26 Å². The van der Waals surface area contributed by atoms with E-state index in [4.69, 9.17) is 5.11 Å². The molecule has 0 saturated heterocycles. The minimum atomic E-state index is -1.34. The first-order valence-corrected chi connectivity index (χ1v) is 6.63. The van der Waals surface area contributed by atoms with E-state index in [2.05, 4.69) is 5.32 Å². The van der Waals surface area contributed by atoms with Crippen LogP contribution in [-0.4, -0.2) is 34.5 Å². The van der Waals surface area contributed by atoms with E-state index in [1.165, 1.54) is 20.3 Å². The van der Waals surface area contributed by atoms with E-state index in [1.54, 1.807) is 11.8 Å². The lowest BCUT2D eigenvalue weighted by atomic mass is 9.83. The molecule has 1 amide bonds. The Kier molecular flexibility index (Phi) is 3.88. The highest BCUT2D eigenvalue weighted by Crippen LogP contribution is 2.42. The summed E-state index contributed by atoms with van der Waals surface area (Å²) in [6.45, 7) is 3.43. The maximum Gasteiger partial charge on any atom is 0.318 e. The molecule has 92 valence electrons. The van der Waals surface area contributed by atoms with Gasteiger partial charge in [-0.1, -0.05) is 6.42 Å². The predicted octanol–water partition coefficient (Wildman–Crippen LogP) is 1.50. The maximum absolute atomic E-state index is 11.7. The standard InChI is InChI=1S/C11H19NO3S/c1-10(2,9(14)15)8(13)12-7-11(16-3)5-4-6-11/h4-7H2,1-3H3,(H,12,13)(H,14,15). The van der Waals surface area contributed by atoms with E-state index in [-0.39, 0.29) is 4.75 Å². The van der Waals surface area contributed by atoms with Crippen LogP contribution in [0.4, 0.5) is 0 Å². The number of amides is 1. The molecule has 1 saturated carbocycles. The van der Waals surface area contributed by atoms with Crippen molar-refractivity contribution < 1.29 is 14.7 Å². The first kappa shape index (κ1) is 13.4. The third kappa shape index (κ3) is 2.51. The average Bonchev–Trinajstić information content (AvgIpc) is 2.16. The van der Waals surface area contributed by atoms with Gasteiger partial charge in [0.05, 0.1) is 0 Å². The predicted molar refractivity (Wildman–Crippen MR) is 64.5 cm³/mol. The molecule has 1 rings (SSSR count). The zero-order valence-electron chi connectivity index (χ0n) is 10.0. The number of carboxylic acid groups (broad SMARTS) is 1. The molecule has 0 unspecified atom stereocenters. The van der Waals surface area contributed by atoms with Crippen LogP contribution in [0.1, 0.15) is 33.1 Å². The topological polar surface area (TPSA) is 66.4 Å². The molecule has 0 radical (unpaired) electrons. The Labute approximate surface area is 100 Å². The highest BCUT2D eigenvalue weighted by molar-refractivity contribution is 8.00. The van der Waals surface area contributed by atoms with Crippen LogP contribution in [0.15, 0.2) is 0 Å². The Balaban J connectivity index is 2.49. The Hall–Kier alpha value is -0.710. The summed E-state index contributed by atoms with van der Waals surface area (Å²) in [6, 6.07) is 0. The lowest BCUT2D eigenvalue weighted by molar-refractivity contribution is -0.153. The lowest BCUT2D eigenvalue weighted by Crippen LogP contribution is -2.50. The van der Waals surface area contributed by atoms with Gasteiger partial charge >= 0.3 is 5.97 Å². The van der Waals surface area contributed by atoms with Crippen molar-refractivity contribution in [1.29, 1.82) is 0 Å². The van der Waals surface area contributed by atoms with E-state index >= 15 is 0 Å². The number of carboxylic acids is 1. The fraction of sp³-hybridized carbons (Fsp3) is 0.818. The van der Waals surface area contributed by atoms with Crippen LogP contribution in [0.2, 0.25) is 0 Å². The number of hydrogen-bond donors (Lipinski definition) is 2. The average molecular weight is 245 g/mol. The summed E-state index contributed by atoms with van der Waals surface area (Å²) < 4.78 is 0.143. The first-order valence-electron chi connectivity index (χ1n) is 5.41. The van der Waals surface area contributed by atoms with Crippen LogP contribution in [0.5, 0.6) is 0 Å². The molecule has 16 heavy (non-hydrogen) atoms. The van der Waals surface area contributed by atoms with Gasteiger partial charge in [-0.2, -0.15) is 11.8 Å². The van der Waals surface area contributed by atoms with E-state index in [9.17, 15) is 9.59 Å². The highest BCUT2D eigenvalue weighted by Gasteiger charge is 2.40. The molecule has 1 aliphatic rings. The van der Waals surface area contributed by atoms with E-state index < -0.39 is 17.3 Å². The van der Waals surface area contributed by atoms with Gasteiger partial charge in [0.2, 0.25) is 5.91 Å². The van der Waals surface area contributed by atoms with Gasteiger partial charge in [0, 0.05) is 11.3 Å². The van der Waals surface area contributed by atoms with Gasteiger partial charge in [-0.15, -0.1) is 0 Å². The third-order valence-corrected chi connectivity index (χ3v) is 4.79. The van der Waals surface area contributed by atoms with Gasteiger partial charge in [-0.05, 0) is 32.9 Å². The molecule has 4 nitrogen and oxygen atoms in total. The second-order valence-corrected chi connectivity index (χ2v) is 6.13. The number of hydrogen-bond acceptors (Lipinski definition) is 3. The van der Waals surface area contributed by atoms with Gasteiger partial charge in [-0.3, -0.25) is 9.59 Å². The lowest BCUT2D eigenvalue weighted by Gasteiger charge is -2.40. The summed E-state index contributed by atoms with van der Waals surface area (Å²) in [5, 5.41) is 11.7. The van der Waals surface area contributed by atoms with Crippen LogP contribution in [0, 0.1) is 5.41 Å². The number of carbonyl (C=O) groups is 2. The van der Waals surface area contributed by atoms with Crippen LogP contribution < -0.4 is 5.32 Å². The number of thioether (sulfide) groups is 1. The monoisotopic (exact) mass is 245 g/mol. The van der Waals surface area contributed by atoms with E-state index in [0.29, 0.717) is 6.54 Å². The molecule has 0 spiro atoms. The highest BCUT2D eigenvalue weighted by atomic mass is 32.2. The Morgan fingerprint density at radius 3 is 2.31 bits per heavy atom. The number of aliphatic carboxylic acids is 1. The maximum atomic E-state index is 11.7. The summed E-state index contributed by atoms with van der Waals surface area (Å²) in [6.07, 6.45) is 5.43. The molecular weight excluding hydrogens is 226 g/mol. The molecule has 0 aromatic carbocycles. The molecular formula is C11H19NO3S. The minimum absolute atomic E-state index is 0.143. The second kappa shape index (κ2) is 4.65. The summed E-state index contributed by atoms with van der Waals surface area (Å²) >= 11 is 1.76. The molecule has 2 N–H and O–H groups in total. The Morgan fingerprint density at radius 2 is 2.00 bits per heavy atom. The Morgan fingerprint density at radius 1 is 1.44 bits per heavy atom. The molecule has 0 aromatic rings. The van der Waals surface area contributed by atoms with Crippen LogP contribution in [0.3, 0.4) is 0 Å². The van der Waals surface area contributed by atoms with E-state index in [0.717, 1.165) is 12.8 Å². The second-order valence-electron chi connectivity index (χ2n) is 4.85. The zero-order chi connectivity index (χ0) is 12.4. The molecule has 1 fully saturated rings. The molecule has 5 heteroatoms. The fourth-order valence-corrected chi connectivity index (χ4v) is 2.50. The van der Waals surface area contributed by atoms with Gasteiger partial charge in [0.15, 0.2) is 0 Å². The fourth-order valence-electron chi connectivity index (χ4n) is 1.58. The smallest absolute Gasteiger partial charge is 0.318 e. The summed E-state index contributed by atoms with van der Waals surface area (Å²) in [4.78, 5) is 22.6. The Bertz CT molecular complexity index is 292. The summed E-state index contributed by atoms with van der Waals surface area (Å²) in [7, 11) is 0. The van der Waals surface area contributed by atoms with Crippen molar-refractivity contribution in [2.75, 3.05) is 12.8 Å². The number of rotatable bonds is 5. The van der Waals surface area contributed by atoms with Crippen LogP contribution in [-0.2, 0) is 9.59 Å². The van der Waals surface area contributed by atoms with Crippen molar-refractivity contribution in [1.82, 2.24) is 5.32 Å². The SMILES string of the molecule is CSC1(CNC(=O)C(C)(C)C(=O)O)CCC1. The first-order chi connectivity index (χ1) is 7.34. The van der Waals surface area contributed by atoms with Crippen molar-refractivity contribution in [3.63, 3.8) is 0 Å². The molecule has 0 bridgehead atoms. The largest absolute Gasteiger partial charge is 0.480 e. The minimum Gasteiger partial charge on any atom is -0.480 e. The number of nitrogens with one attached hydrogen (secondary N) is 1. The van der Waals surface area contributed by atoms with Gasteiger partial charge in [0.1, 0.15) is 5.41 Å². The van der Waals surface area contributed by atoms with Crippen molar-refractivity contribution in [2.24, 2.45) is 5.41 Å². The van der Waals surface area contributed by atoms with Crippen molar-refractivity contribution in [2.45, 2.75) is 37.9 Å². The zero-order valence-corrected chi connectivity index (χ0v) is 10.8. The molecule has 0 heterocycles. The normalized spacial score (nSPS) is 18.7. The molecule has 0 atom stereocenters. The van der Waals surface area contributed by atoms with Crippen LogP contribution in [0.25, 0.3) is 0 Å². The quantitative estimate of drug-likeness (QED) is 0.720. The van der Waals surface area contributed by atoms with Gasteiger partial charge in [0.25, 0.3) is 0 Å². The third-order valence-electron chi connectivity index (χ3n) is 3.37. The molecule has 0 aliphatic heterocycles. The summed E-state index contributed by atoms with van der Waals surface area (Å²) in [5.41, 5.74) is -1.34. The summed E-state index contributed by atoms with van der Waals surface area (Å²) in [5.74, 6) is -1.49.